The van der Waals surface area contributed by atoms with Crippen molar-refractivity contribution in [3.05, 3.63) is 0 Å². The van der Waals surface area contributed by atoms with Crippen molar-refractivity contribution in [3.63, 3.8) is 0 Å². The predicted octanol–water partition coefficient (Wildman–Crippen LogP) is 3.87. The SMILES string of the molecule is CC.CC.CCN(CC)CCN1CCCCC1. The molecule has 1 rings (SSSR count). The van der Waals surface area contributed by atoms with E-state index in [0.717, 1.165) is 0 Å². The average molecular weight is 244 g/mol. The molecule has 1 fully saturated rings. The lowest BCUT2D eigenvalue weighted by atomic mass is 10.1. The van der Waals surface area contributed by atoms with Crippen LogP contribution in [0.2, 0.25) is 0 Å². The van der Waals surface area contributed by atoms with Gasteiger partial charge in [-0.15, -0.1) is 0 Å². The number of likely N-dealkylation sites (N-methyl/N-ethyl adjacent to an activating group) is 1. The summed E-state index contributed by atoms with van der Waals surface area (Å²) in [6.45, 7) is 20.1. The molecule has 1 aliphatic rings. The van der Waals surface area contributed by atoms with Crippen LogP contribution in [0.3, 0.4) is 0 Å². The lowest BCUT2D eigenvalue weighted by molar-refractivity contribution is 0.189. The van der Waals surface area contributed by atoms with Gasteiger partial charge >= 0.3 is 0 Å². The van der Waals surface area contributed by atoms with Crippen molar-refractivity contribution in [2.75, 3.05) is 39.3 Å². The van der Waals surface area contributed by atoms with E-state index in [9.17, 15) is 0 Å². The Morgan fingerprint density at radius 3 is 1.71 bits per heavy atom. The summed E-state index contributed by atoms with van der Waals surface area (Å²) in [6, 6.07) is 0. The molecule has 1 heterocycles. The molecule has 0 bridgehead atoms. The Balaban J connectivity index is 0. The highest BCUT2D eigenvalue weighted by Crippen LogP contribution is 2.07. The first-order valence-electron chi connectivity index (χ1n) is 7.81. The Morgan fingerprint density at radius 1 is 0.824 bits per heavy atom. The van der Waals surface area contributed by atoms with Crippen molar-refractivity contribution in [3.8, 4) is 0 Å². The fourth-order valence-corrected chi connectivity index (χ4v) is 2.01. The van der Waals surface area contributed by atoms with Crippen LogP contribution < -0.4 is 0 Å². The van der Waals surface area contributed by atoms with Crippen molar-refractivity contribution in [1.29, 1.82) is 0 Å². The van der Waals surface area contributed by atoms with Gasteiger partial charge in [0.25, 0.3) is 0 Å². The first-order valence-corrected chi connectivity index (χ1v) is 7.81. The Morgan fingerprint density at radius 2 is 1.29 bits per heavy atom. The number of nitrogens with zero attached hydrogens (tertiary/aromatic N) is 2. The van der Waals surface area contributed by atoms with Gasteiger partial charge in [-0.05, 0) is 39.0 Å². The van der Waals surface area contributed by atoms with Crippen LogP contribution in [0, 0.1) is 0 Å². The number of hydrogen-bond acceptors (Lipinski definition) is 2. The molecule has 0 radical (unpaired) electrons. The number of likely N-dealkylation sites (tertiary alicyclic amines) is 1. The highest BCUT2D eigenvalue weighted by molar-refractivity contribution is 4.66. The molecule has 0 atom stereocenters. The topological polar surface area (TPSA) is 6.48 Å². The molecule has 0 N–H and O–H groups in total. The van der Waals surface area contributed by atoms with Gasteiger partial charge in [0.15, 0.2) is 0 Å². The van der Waals surface area contributed by atoms with Crippen LogP contribution in [0.15, 0.2) is 0 Å². The van der Waals surface area contributed by atoms with Crippen LogP contribution in [0.5, 0.6) is 0 Å². The molecule has 0 aromatic heterocycles. The van der Waals surface area contributed by atoms with E-state index in [0.29, 0.717) is 0 Å². The van der Waals surface area contributed by atoms with Crippen LogP contribution in [-0.4, -0.2) is 49.1 Å². The molecule has 2 nitrogen and oxygen atoms in total. The summed E-state index contributed by atoms with van der Waals surface area (Å²) in [5.41, 5.74) is 0. The average Bonchev–Trinajstić information content (AvgIpc) is 2.45. The molecule has 0 aromatic rings. The maximum atomic E-state index is 2.61. The summed E-state index contributed by atoms with van der Waals surface area (Å²) in [5.74, 6) is 0. The minimum absolute atomic E-state index is 1.20. The van der Waals surface area contributed by atoms with Crippen LogP contribution in [0.1, 0.15) is 60.8 Å². The third-order valence-electron chi connectivity index (χ3n) is 3.08. The molecule has 17 heavy (non-hydrogen) atoms. The van der Waals surface area contributed by atoms with Gasteiger partial charge in [-0.3, -0.25) is 0 Å². The van der Waals surface area contributed by atoms with Crippen LogP contribution in [0.4, 0.5) is 0 Å². The number of rotatable bonds is 5. The summed E-state index contributed by atoms with van der Waals surface area (Å²) in [5, 5.41) is 0. The predicted molar refractivity (Wildman–Crippen MR) is 80.8 cm³/mol. The second-order valence-corrected chi connectivity index (χ2v) is 3.93. The second-order valence-electron chi connectivity index (χ2n) is 3.93. The Kier molecular flexibility index (Phi) is 18.0. The van der Waals surface area contributed by atoms with E-state index in [1.807, 2.05) is 27.7 Å². The van der Waals surface area contributed by atoms with Gasteiger partial charge in [-0.1, -0.05) is 48.0 Å². The third-order valence-corrected chi connectivity index (χ3v) is 3.08. The van der Waals surface area contributed by atoms with Crippen molar-refractivity contribution in [2.24, 2.45) is 0 Å². The lowest BCUT2D eigenvalue weighted by Gasteiger charge is -2.29. The van der Waals surface area contributed by atoms with E-state index < -0.39 is 0 Å². The standard InChI is InChI=1S/C11H24N2.2C2H6/c1-3-12(4-2)10-11-13-8-6-5-7-9-13;2*1-2/h3-11H2,1-2H3;2*1-2H3. The van der Waals surface area contributed by atoms with E-state index in [4.69, 9.17) is 0 Å². The first-order chi connectivity index (χ1) is 8.36. The van der Waals surface area contributed by atoms with Gasteiger partial charge in [-0.25, -0.2) is 0 Å². The molecule has 106 valence electrons. The van der Waals surface area contributed by atoms with Crippen LogP contribution in [-0.2, 0) is 0 Å². The van der Waals surface area contributed by atoms with Gasteiger partial charge in [0.1, 0.15) is 0 Å². The lowest BCUT2D eigenvalue weighted by Crippen LogP contribution is -2.37. The molecular formula is C15H36N2. The molecule has 0 saturated carbocycles. The molecule has 0 aliphatic carbocycles. The molecule has 0 aromatic carbocycles. The summed E-state index contributed by atoms with van der Waals surface area (Å²) >= 11 is 0. The minimum atomic E-state index is 1.20. The molecular weight excluding hydrogens is 208 g/mol. The van der Waals surface area contributed by atoms with Gasteiger partial charge in [0.05, 0.1) is 0 Å². The van der Waals surface area contributed by atoms with Crippen molar-refractivity contribution in [2.45, 2.75) is 60.8 Å². The largest absolute Gasteiger partial charge is 0.303 e. The van der Waals surface area contributed by atoms with Gasteiger partial charge in [0, 0.05) is 13.1 Å². The fourth-order valence-electron chi connectivity index (χ4n) is 2.01. The van der Waals surface area contributed by atoms with Crippen LogP contribution in [0.25, 0.3) is 0 Å². The normalized spacial score (nSPS) is 15.7. The Hall–Kier alpha value is -0.0800. The zero-order chi connectivity index (χ0) is 13.5. The monoisotopic (exact) mass is 244 g/mol. The van der Waals surface area contributed by atoms with E-state index in [1.54, 1.807) is 0 Å². The first kappa shape index (κ1) is 19.3. The summed E-state index contributed by atoms with van der Waals surface area (Å²) in [7, 11) is 0. The summed E-state index contributed by atoms with van der Waals surface area (Å²) in [6.07, 6.45) is 4.28. The summed E-state index contributed by atoms with van der Waals surface area (Å²) < 4.78 is 0. The molecule has 0 amide bonds. The zero-order valence-electron chi connectivity index (χ0n) is 13.3. The van der Waals surface area contributed by atoms with Crippen molar-refractivity contribution < 1.29 is 0 Å². The summed E-state index contributed by atoms with van der Waals surface area (Å²) in [4.78, 5) is 5.12. The van der Waals surface area contributed by atoms with E-state index in [2.05, 4.69) is 23.6 Å². The van der Waals surface area contributed by atoms with Crippen LogP contribution >= 0.6 is 0 Å². The Labute approximate surface area is 110 Å². The van der Waals surface area contributed by atoms with Gasteiger partial charge < -0.3 is 9.80 Å². The highest BCUT2D eigenvalue weighted by Gasteiger charge is 2.10. The second kappa shape index (κ2) is 15.9. The van der Waals surface area contributed by atoms with Crippen molar-refractivity contribution in [1.82, 2.24) is 9.80 Å². The Bertz CT molecular complexity index is 116. The van der Waals surface area contributed by atoms with E-state index in [-0.39, 0.29) is 0 Å². The minimum Gasteiger partial charge on any atom is -0.303 e. The molecule has 0 spiro atoms. The van der Waals surface area contributed by atoms with E-state index >= 15 is 0 Å². The third kappa shape index (κ3) is 10.8. The maximum Gasteiger partial charge on any atom is 0.0109 e. The quantitative estimate of drug-likeness (QED) is 0.724. The number of hydrogen-bond donors (Lipinski definition) is 0. The molecule has 2 heteroatoms. The molecule has 1 aliphatic heterocycles. The van der Waals surface area contributed by atoms with Gasteiger partial charge in [-0.2, -0.15) is 0 Å². The molecule has 0 unspecified atom stereocenters. The van der Waals surface area contributed by atoms with Gasteiger partial charge in [0.2, 0.25) is 0 Å². The number of piperidine rings is 1. The highest BCUT2D eigenvalue weighted by atomic mass is 15.2. The fraction of sp³-hybridized carbons (Fsp3) is 1.00. The smallest absolute Gasteiger partial charge is 0.0109 e. The zero-order valence-corrected chi connectivity index (χ0v) is 13.3. The molecule has 1 saturated heterocycles. The van der Waals surface area contributed by atoms with Crippen molar-refractivity contribution >= 4 is 0 Å². The maximum absolute atomic E-state index is 2.61. The van der Waals surface area contributed by atoms with E-state index in [1.165, 1.54) is 58.5 Å².